The average Bonchev–Trinajstić information content (AvgIpc) is 2.67. The number of esters is 2. The summed E-state index contributed by atoms with van der Waals surface area (Å²) in [6.45, 7) is 1.36. The molecule has 29 heavy (non-hydrogen) atoms. The van der Waals surface area contributed by atoms with Gasteiger partial charge in [-0.05, 0) is 64.5 Å². The smallest absolute Gasteiger partial charge is 0.307 e. The fraction of sp³-hybridized carbons (Fsp3) is 0.905. The van der Waals surface area contributed by atoms with E-state index >= 15 is 0 Å². The van der Waals surface area contributed by atoms with Crippen molar-refractivity contribution in [2.75, 3.05) is 13.1 Å². The minimum Gasteiger partial charge on any atom is -0.447 e. The largest absolute Gasteiger partial charge is 0.447 e. The van der Waals surface area contributed by atoms with E-state index in [0.717, 1.165) is 70.6 Å². The van der Waals surface area contributed by atoms with Crippen LogP contribution in [0, 0.1) is 0 Å². The van der Waals surface area contributed by atoms with E-state index in [0.29, 0.717) is 38.8 Å². The molecular weight excluding hydrogens is 372 g/mol. The van der Waals surface area contributed by atoms with Gasteiger partial charge in [-0.25, -0.2) is 0 Å². The van der Waals surface area contributed by atoms with Gasteiger partial charge in [-0.2, -0.15) is 0 Å². The van der Waals surface area contributed by atoms with Gasteiger partial charge in [-0.15, -0.1) is 0 Å². The number of ether oxygens (including phenoxy) is 2. The third kappa shape index (κ3) is 19.9. The molecule has 172 valence electrons. The van der Waals surface area contributed by atoms with E-state index < -0.39 is 12.5 Å². The molecule has 0 amide bonds. The first-order chi connectivity index (χ1) is 14.0. The Morgan fingerprint density at radius 1 is 0.552 bits per heavy atom. The quantitative estimate of drug-likeness (QED) is 0.134. The number of carbonyl (C=O) groups is 2. The zero-order chi connectivity index (χ0) is 21.7. The first-order valence-corrected chi connectivity index (χ1v) is 11.3. The molecule has 0 rings (SSSR count). The predicted molar refractivity (Wildman–Crippen MR) is 115 cm³/mol. The van der Waals surface area contributed by atoms with Crippen LogP contribution < -0.4 is 22.9 Å². The zero-order valence-electron chi connectivity index (χ0n) is 18.1. The van der Waals surface area contributed by atoms with Crippen LogP contribution in [0.3, 0.4) is 0 Å². The number of rotatable bonds is 20. The Balaban J connectivity index is 3.50. The van der Waals surface area contributed by atoms with E-state index in [2.05, 4.69) is 0 Å². The van der Waals surface area contributed by atoms with Crippen LogP contribution in [-0.4, -0.2) is 37.5 Å². The molecule has 8 nitrogen and oxygen atoms in total. The minimum atomic E-state index is -0.515. The first kappa shape index (κ1) is 27.8. The summed E-state index contributed by atoms with van der Waals surface area (Å²) in [5.41, 5.74) is 22.5. The third-order valence-corrected chi connectivity index (χ3v) is 4.71. The lowest BCUT2D eigenvalue weighted by molar-refractivity contribution is -0.150. The summed E-state index contributed by atoms with van der Waals surface area (Å²) in [6.07, 6.45) is 11.3. The molecule has 8 N–H and O–H groups in total. The number of hydrogen-bond donors (Lipinski definition) is 4. The summed E-state index contributed by atoms with van der Waals surface area (Å²) < 4.78 is 10.4. The normalized spacial score (nSPS) is 13.1. The topological polar surface area (TPSA) is 157 Å². The van der Waals surface area contributed by atoms with Crippen molar-refractivity contribution in [3.05, 3.63) is 0 Å². The molecule has 0 radical (unpaired) electrons. The Morgan fingerprint density at radius 2 is 0.897 bits per heavy atom. The molecule has 2 unspecified atom stereocenters. The van der Waals surface area contributed by atoms with Crippen LogP contribution >= 0.6 is 0 Å². The molecule has 8 heteroatoms. The first-order valence-electron chi connectivity index (χ1n) is 11.3. The Morgan fingerprint density at radius 3 is 1.28 bits per heavy atom. The SMILES string of the molecule is NCCCCCC(N)OC(=O)CCCCCCCC(=O)OC(N)CCCCCN. The van der Waals surface area contributed by atoms with Crippen LogP contribution in [0.1, 0.15) is 96.3 Å². The zero-order valence-corrected chi connectivity index (χ0v) is 18.1. The van der Waals surface area contributed by atoms with Crippen LogP contribution in [0.15, 0.2) is 0 Å². The fourth-order valence-corrected chi connectivity index (χ4v) is 2.98. The third-order valence-electron chi connectivity index (χ3n) is 4.71. The summed E-state index contributed by atoms with van der Waals surface area (Å²) in [7, 11) is 0. The lowest BCUT2D eigenvalue weighted by Gasteiger charge is -2.13. The second-order valence-electron chi connectivity index (χ2n) is 7.60. The second-order valence-corrected chi connectivity index (χ2v) is 7.60. The minimum absolute atomic E-state index is 0.236. The van der Waals surface area contributed by atoms with E-state index in [1.165, 1.54) is 0 Å². The fourth-order valence-electron chi connectivity index (χ4n) is 2.98. The van der Waals surface area contributed by atoms with Crippen LogP contribution in [0.25, 0.3) is 0 Å². The molecule has 0 aromatic carbocycles. The van der Waals surface area contributed by atoms with Crippen molar-refractivity contribution in [1.29, 1.82) is 0 Å². The van der Waals surface area contributed by atoms with Crippen molar-refractivity contribution >= 4 is 11.9 Å². The molecule has 0 aromatic rings. The van der Waals surface area contributed by atoms with Gasteiger partial charge >= 0.3 is 11.9 Å². The molecule has 0 aliphatic carbocycles. The summed E-state index contributed by atoms with van der Waals surface area (Å²) in [4.78, 5) is 23.5. The van der Waals surface area contributed by atoms with Crippen molar-refractivity contribution in [2.45, 2.75) is 109 Å². The van der Waals surface area contributed by atoms with E-state index in [1.807, 2.05) is 0 Å². The van der Waals surface area contributed by atoms with Crippen LogP contribution in [0.5, 0.6) is 0 Å². The maximum Gasteiger partial charge on any atom is 0.307 e. The highest BCUT2D eigenvalue weighted by atomic mass is 16.6. The van der Waals surface area contributed by atoms with E-state index in [1.54, 1.807) is 0 Å². The highest BCUT2D eigenvalue weighted by Gasteiger charge is 2.10. The van der Waals surface area contributed by atoms with Gasteiger partial charge in [-0.1, -0.05) is 32.1 Å². The summed E-state index contributed by atoms with van der Waals surface area (Å²) in [6, 6.07) is 0. The standard InChI is InChI=1S/C21H44N4O4/c22-16-10-4-6-12-18(24)28-20(26)14-8-2-1-3-9-15-21(27)29-19(25)13-7-5-11-17-23/h18-19H,1-17,22-25H2. The molecule has 0 saturated carbocycles. The van der Waals surface area contributed by atoms with Gasteiger partial charge in [0.25, 0.3) is 0 Å². The molecule has 0 aromatic heterocycles. The summed E-state index contributed by atoms with van der Waals surface area (Å²) >= 11 is 0. The van der Waals surface area contributed by atoms with Gasteiger partial charge in [0.2, 0.25) is 0 Å². The van der Waals surface area contributed by atoms with Crippen molar-refractivity contribution in [1.82, 2.24) is 0 Å². The van der Waals surface area contributed by atoms with Crippen molar-refractivity contribution in [2.24, 2.45) is 22.9 Å². The van der Waals surface area contributed by atoms with Crippen LogP contribution in [-0.2, 0) is 19.1 Å². The predicted octanol–water partition coefficient (Wildman–Crippen LogP) is 2.41. The maximum atomic E-state index is 11.7. The molecular formula is C21H44N4O4. The Hall–Kier alpha value is -1.22. The Bertz CT molecular complexity index is 374. The van der Waals surface area contributed by atoms with Gasteiger partial charge in [0, 0.05) is 12.8 Å². The van der Waals surface area contributed by atoms with Crippen LogP contribution in [0.4, 0.5) is 0 Å². The summed E-state index contributed by atoms with van der Waals surface area (Å²) in [5, 5.41) is 0. The van der Waals surface area contributed by atoms with Crippen molar-refractivity contribution in [3.8, 4) is 0 Å². The number of nitrogens with two attached hydrogens (primary N) is 4. The molecule has 0 saturated heterocycles. The highest BCUT2D eigenvalue weighted by Crippen LogP contribution is 2.11. The lowest BCUT2D eigenvalue weighted by atomic mass is 10.1. The molecule has 0 bridgehead atoms. The number of unbranched alkanes of at least 4 members (excludes halogenated alkanes) is 8. The van der Waals surface area contributed by atoms with E-state index in [4.69, 9.17) is 32.4 Å². The second kappa shape index (κ2) is 20.1. The van der Waals surface area contributed by atoms with Gasteiger partial charge < -0.3 is 20.9 Å². The molecule has 0 aliphatic rings. The number of hydrogen-bond acceptors (Lipinski definition) is 8. The average molecular weight is 417 g/mol. The van der Waals surface area contributed by atoms with Crippen LogP contribution in [0.2, 0.25) is 0 Å². The highest BCUT2D eigenvalue weighted by molar-refractivity contribution is 5.69. The van der Waals surface area contributed by atoms with E-state index in [9.17, 15) is 9.59 Å². The molecule has 0 heterocycles. The van der Waals surface area contributed by atoms with Crippen molar-refractivity contribution in [3.63, 3.8) is 0 Å². The Labute approximate surface area is 176 Å². The van der Waals surface area contributed by atoms with Gasteiger partial charge in [0.15, 0.2) is 12.5 Å². The summed E-state index contributed by atoms with van der Waals surface area (Å²) in [5.74, 6) is -0.472. The van der Waals surface area contributed by atoms with Gasteiger partial charge in [0.1, 0.15) is 0 Å². The monoisotopic (exact) mass is 416 g/mol. The molecule has 2 atom stereocenters. The molecule has 0 spiro atoms. The van der Waals surface area contributed by atoms with Gasteiger partial charge in [-0.3, -0.25) is 21.1 Å². The maximum absolute atomic E-state index is 11.7. The van der Waals surface area contributed by atoms with Crippen molar-refractivity contribution < 1.29 is 19.1 Å². The van der Waals surface area contributed by atoms with E-state index in [-0.39, 0.29) is 11.9 Å². The lowest BCUT2D eigenvalue weighted by Crippen LogP contribution is -2.27. The Kier molecular flexibility index (Phi) is 19.2. The molecule has 0 fully saturated rings. The number of carbonyl (C=O) groups excluding carboxylic acids is 2. The molecule has 0 aliphatic heterocycles. The van der Waals surface area contributed by atoms with Gasteiger partial charge in [0.05, 0.1) is 0 Å².